The Morgan fingerprint density at radius 1 is 1.33 bits per heavy atom. The molecule has 0 fully saturated rings. The molecule has 116 valence electrons. The van der Waals surface area contributed by atoms with Gasteiger partial charge in [0.1, 0.15) is 0 Å². The summed E-state index contributed by atoms with van der Waals surface area (Å²) in [6, 6.07) is 8.46. The lowest BCUT2D eigenvalue weighted by Gasteiger charge is -2.23. The summed E-state index contributed by atoms with van der Waals surface area (Å²) in [7, 11) is -3.60. The highest BCUT2D eigenvalue weighted by Gasteiger charge is 2.25. The lowest BCUT2D eigenvalue weighted by molar-refractivity contribution is 0.373. The monoisotopic (exact) mass is 309 g/mol. The lowest BCUT2D eigenvalue weighted by atomic mass is 10.1. The number of nitrogens with zero attached hydrogens (tertiary/aromatic N) is 2. The van der Waals surface area contributed by atoms with Crippen molar-refractivity contribution >= 4 is 10.0 Å². The molecule has 0 saturated heterocycles. The predicted octanol–water partition coefficient (Wildman–Crippen LogP) is 2.27. The molecular formula is C15H23N3O2S. The molecule has 21 heavy (non-hydrogen) atoms. The fourth-order valence-electron chi connectivity index (χ4n) is 2.00. The first-order valence-electron chi connectivity index (χ1n) is 7.01. The van der Waals surface area contributed by atoms with Gasteiger partial charge < -0.3 is 5.73 Å². The second-order valence-corrected chi connectivity index (χ2v) is 7.46. The number of nitrogens with two attached hydrogens (primary N) is 1. The number of hydrogen-bond acceptors (Lipinski definition) is 4. The van der Waals surface area contributed by atoms with Crippen molar-refractivity contribution < 1.29 is 8.42 Å². The minimum absolute atomic E-state index is 0.179. The van der Waals surface area contributed by atoms with Crippen molar-refractivity contribution in [3.8, 4) is 6.07 Å². The summed E-state index contributed by atoms with van der Waals surface area (Å²) < 4.78 is 26.8. The lowest BCUT2D eigenvalue weighted by Crippen LogP contribution is -2.35. The van der Waals surface area contributed by atoms with E-state index in [1.807, 2.05) is 32.9 Å². The zero-order valence-corrected chi connectivity index (χ0v) is 13.6. The standard InChI is InChI=1S/C15H23N3O2S/c1-12(2)11-18(9-5-8-16)21(19,20)15-7-4-6-14(10-15)13(3)17/h4,6-7,10,12-13H,5,9,11,17H2,1-3H3. The molecule has 1 aromatic rings. The van der Waals surface area contributed by atoms with Crippen LogP contribution in [0.2, 0.25) is 0 Å². The minimum Gasteiger partial charge on any atom is -0.324 e. The van der Waals surface area contributed by atoms with Gasteiger partial charge in [0.15, 0.2) is 0 Å². The van der Waals surface area contributed by atoms with E-state index in [1.54, 1.807) is 18.2 Å². The van der Waals surface area contributed by atoms with Gasteiger partial charge in [-0.25, -0.2) is 8.42 Å². The van der Waals surface area contributed by atoms with Crippen LogP contribution in [0.1, 0.15) is 38.8 Å². The second kappa shape index (κ2) is 7.55. The van der Waals surface area contributed by atoms with Gasteiger partial charge in [0, 0.05) is 25.6 Å². The molecule has 0 aliphatic rings. The summed E-state index contributed by atoms with van der Waals surface area (Å²) in [6.45, 7) is 6.32. The Bertz CT molecular complexity index is 604. The van der Waals surface area contributed by atoms with Gasteiger partial charge in [0.05, 0.1) is 11.0 Å². The van der Waals surface area contributed by atoms with Crippen LogP contribution in [0.5, 0.6) is 0 Å². The van der Waals surface area contributed by atoms with E-state index >= 15 is 0 Å². The molecule has 1 atom stereocenters. The molecule has 5 nitrogen and oxygen atoms in total. The maximum atomic E-state index is 12.7. The average Bonchev–Trinajstić information content (AvgIpc) is 2.43. The van der Waals surface area contributed by atoms with Crippen LogP contribution in [0, 0.1) is 17.2 Å². The van der Waals surface area contributed by atoms with Crippen LogP contribution in [0.15, 0.2) is 29.2 Å². The number of hydrogen-bond donors (Lipinski definition) is 1. The summed E-state index contributed by atoms with van der Waals surface area (Å²) in [5.41, 5.74) is 6.59. The molecule has 6 heteroatoms. The van der Waals surface area contributed by atoms with Crippen molar-refractivity contribution in [3.63, 3.8) is 0 Å². The molecule has 0 heterocycles. The Kier molecular flexibility index (Phi) is 6.34. The second-order valence-electron chi connectivity index (χ2n) is 5.53. The van der Waals surface area contributed by atoms with Gasteiger partial charge in [-0.15, -0.1) is 0 Å². The van der Waals surface area contributed by atoms with Crippen LogP contribution in [0.25, 0.3) is 0 Å². The van der Waals surface area contributed by atoms with Crippen molar-refractivity contribution in [2.75, 3.05) is 13.1 Å². The molecule has 0 aliphatic heterocycles. The molecular weight excluding hydrogens is 286 g/mol. The molecule has 1 rings (SSSR count). The number of rotatable bonds is 7. The summed E-state index contributed by atoms with van der Waals surface area (Å²) >= 11 is 0. The van der Waals surface area contributed by atoms with Gasteiger partial charge in [-0.1, -0.05) is 26.0 Å². The molecule has 0 radical (unpaired) electrons. The van der Waals surface area contributed by atoms with Gasteiger partial charge in [0.2, 0.25) is 10.0 Å². The number of benzene rings is 1. The van der Waals surface area contributed by atoms with Crippen molar-refractivity contribution in [1.82, 2.24) is 4.31 Å². The molecule has 0 aliphatic carbocycles. The fourth-order valence-corrected chi connectivity index (χ4v) is 3.66. The highest BCUT2D eigenvalue weighted by atomic mass is 32.2. The van der Waals surface area contributed by atoms with Gasteiger partial charge in [0.25, 0.3) is 0 Å². The Hall–Kier alpha value is -1.42. The zero-order chi connectivity index (χ0) is 16.0. The Labute approximate surface area is 127 Å². The molecule has 2 N–H and O–H groups in total. The van der Waals surface area contributed by atoms with E-state index in [9.17, 15) is 8.42 Å². The normalized spacial score (nSPS) is 13.4. The largest absolute Gasteiger partial charge is 0.324 e. The van der Waals surface area contributed by atoms with E-state index in [2.05, 4.69) is 0 Å². The molecule has 1 unspecified atom stereocenters. The van der Waals surface area contributed by atoms with Crippen LogP contribution in [0.4, 0.5) is 0 Å². The van der Waals surface area contributed by atoms with Crippen molar-refractivity contribution in [1.29, 1.82) is 5.26 Å². The van der Waals surface area contributed by atoms with Gasteiger partial charge in [-0.05, 0) is 30.5 Å². The smallest absolute Gasteiger partial charge is 0.243 e. The molecule has 0 bridgehead atoms. The Morgan fingerprint density at radius 3 is 2.52 bits per heavy atom. The minimum atomic E-state index is -3.60. The average molecular weight is 309 g/mol. The SMILES string of the molecule is CC(C)CN(CCC#N)S(=O)(=O)c1cccc(C(C)N)c1. The van der Waals surface area contributed by atoms with E-state index in [1.165, 1.54) is 4.31 Å². The van der Waals surface area contributed by atoms with Crippen molar-refractivity contribution in [2.45, 2.75) is 38.1 Å². The summed E-state index contributed by atoms with van der Waals surface area (Å²) in [6.07, 6.45) is 0.179. The molecule has 1 aromatic carbocycles. The first kappa shape index (κ1) is 17.6. The topological polar surface area (TPSA) is 87.2 Å². The number of nitriles is 1. The third-order valence-electron chi connectivity index (χ3n) is 3.06. The molecule has 0 saturated carbocycles. The summed E-state index contributed by atoms with van der Waals surface area (Å²) in [5.74, 6) is 0.190. The van der Waals surface area contributed by atoms with Crippen LogP contribution in [-0.4, -0.2) is 25.8 Å². The Balaban J connectivity index is 3.15. The third-order valence-corrected chi connectivity index (χ3v) is 4.92. The predicted molar refractivity (Wildman–Crippen MR) is 82.9 cm³/mol. The summed E-state index contributed by atoms with van der Waals surface area (Å²) in [4.78, 5) is 0.232. The quantitative estimate of drug-likeness (QED) is 0.837. The summed E-state index contributed by atoms with van der Waals surface area (Å²) in [5, 5.41) is 8.71. The third kappa shape index (κ3) is 4.81. The van der Waals surface area contributed by atoms with Crippen LogP contribution >= 0.6 is 0 Å². The van der Waals surface area contributed by atoms with Crippen LogP contribution in [0.3, 0.4) is 0 Å². The van der Waals surface area contributed by atoms with Crippen LogP contribution in [-0.2, 0) is 10.0 Å². The highest BCUT2D eigenvalue weighted by Crippen LogP contribution is 2.21. The highest BCUT2D eigenvalue weighted by molar-refractivity contribution is 7.89. The van der Waals surface area contributed by atoms with E-state index in [0.29, 0.717) is 6.54 Å². The molecule has 0 spiro atoms. The van der Waals surface area contributed by atoms with Gasteiger partial charge in [-0.2, -0.15) is 9.57 Å². The van der Waals surface area contributed by atoms with Crippen molar-refractivity contribution in [3.05, 3.63) is 29.8 Å². The van der Waals surface area contributed by atoms with Gasteiger partial charge in [-0.3, -0.25) is 0 Å². The maximum Gasteiger partial charge on any atom is 0.243 e. The van der Waals surface area contributed by atoms with E-state index in [-0.39, 0.29) is 29.8 Å². The van der Waals surface area contributed by atoms with Crippen LogP contribution < -0.4 is 5.73 Å². The van der Waals surface area contributed by atoms with E-state index < -0.39 is 10.0 Å². The molecule has 0 amide bonds. The van der Waals surface area contributed by atoms with Crippen molar-refractivity contribution in [2.24, 2.45) is 11.7 Å². The Morgan fingerprint density at radius 2 is 2.00 bits per heavy atom. The zero-order valence-electron chi connectivity index (χ0n) is 12.8. The fraction of sp³-hybridized carbons (Fsp3) is 0.533. The maximum absolute atomic E-state index is 12.7. The van der Waals surface area contributed by atoms with Gasteiger partial charge >= 0.3 is 0 Å². The van der Waals surface area contributed by atoms with E-state index in [0.717, 1.165) is 5.56 Å². The van der Waals surface area contributed by atoms with E-state index in [4.69, 9.17) is 11.0 Å². The molecule has 0 aromatic heterocycles. The first-order chi connectivity index (χ1) is 9.78. The first-order valence-corrected chi connectivity index (χ1v) is 8.45. The number of sulfonamides is 1.